The van der Waals surface area contributed by atoms with Gasteiger partial charge in [0.1, 0.15) is 10.7 Å². The molecule has 0 unspecified atom stereocenters. The first-order valence-electron chi connectivity index (χ1n) is 7.97. The van der Waals surface area contributed by atoms with Crippen LogP contribution >= 0.6 is 11.3 Å². The van der Waals surface area contributed by atoms with Gasteiger partial charge < -0.3 is 4.90 Å². The Morgan fingerprint density at radius 3 is 2.48 bits per heavy atom. The largest absolute Gasteiger partial charge is 0.336 e. The molecule has 0 atom stereocenters. The summed E-state index contributed by atoms with van der Waals surface area (Å²) in [7, 11) is 1.79. The van der Waals surface area contributed by atoms with E-state index in [1.165, 1.54) is 11.3 Å². The van der Waals surface area contributed by atoms with Crippen molar-refractivity contribution in [3.05, 3.63) is 53.9 Å². The lowest BCUT2D eigenvalue weighted by atomic mass is 10.1. The lowest BCUT2D eigenvalue weighted by molar-refractivity contribution is 0.0650. The smallest absolute Gasteiger partial charge is 0.273 e. The molecule has 0 saturated heterocycles. The van der Waals surface area contributed by atoms with E-state index in [-0.39, 0.29) is 11.4 Å². The van der Waals surface area contributed by atoms with Gasteiger partial charge in [-0.15, -0.1) is 11.3 Å². The molecular weight excluding hydrogens is 332 g/mol. The minimum absolute atomic E-state index is 0.0815. The van der Waals surface area contributed by atoms with Gasteiger partial charge in [0.2, 0.25) is 0 Å². The van der Waals surface area contributed by atoms with Gasteiger partial charge in [-0.1, -0.05) is 12.1 Å². The molecule has 1 amide bonds. The monoisotopic (exact) mass is 352 g/mol. The minimum atomic E-state index is -0.246. The second-order valence-corrected chi connectivity index (χ2v) is 7.60. The van der Waals surface area contributed by atoms with Crippen molar-refractivity contribution in [2.45, 2.75) is 26.3 Å². The van der Waals surface area contributed by atoms with Gasteiger partial charge in [0.05, 0.1) is 5.69 Å². The van der Waals surface area contributed by atoms with Gasteiger partial charge in [-0.25, -0.2) is 4.98 Å². The molecule has 0 aliphatic heterocycles. The molecule has 0 aliphatic carbocycles. The number of carbonyl (C=O) groups is 1. The van der Waals surface area contributed by atoms with E-state index >= 15 is 0 Å². The van der Waals surface area contributed by atoms with Crippen molar-refractivity contribution >= 4 is 17.2 Å². The van der Waals surface area contributed by atoms with Crippen LogP contribution in [0.25, 0.3) is 21.8 Å². The zero-order valence-electron chi connectivity index (χ0n) is 14.7. The molecular formula is C19H20N4OS. The summed E-state index contributed by atoms with van der Waals surface area (Å²) in [6.45, 7) is 5.99. The highest BCUT2D eigenvalue weighted by atomic mass is 32.1. The van der Waals surface area contributed by atoms with Crippen LogP contribution in [0.15, 0.2) is 48.2 Å². The maximum Gasteiger partial charge on any atom is 0.273 e. The van der Waals surface area contributed by atoms with Crippen LogP contribution in [0, 0.1) is 0 Å². The molecule has 0 spiro atoms. The Kier molecular flexibility index (Phi) is 4.63. The fourth-order valence-electron chi connectivity index (χ4n) is 2.19. The summed E-state index contributed by atoms with van der Waals surface area (Å²) in [5.74, 6) is -0.0815. The molecule has 0 bridgehead atoms. The highest BCUT2D eigenvalue weighted by Crippen LogP contribution is 2.26. The van der Waals surface area contributed by atoms with Gasteiger partial charge in [0.25, 0.3) is 5.91 Å². The van der Waals surface area contributed by atoms with Crippen LogP contribution in [0.3, 0.4) is 0 Å². The Bertz CT molecular complexity index is 866. The van der Waals surface area contributed by atoms with Crippen molar-refractivity contribution in [2.24, 2.45) is 0 Å². The lowest BCUT2D eigenvalue weighted by Crippen LogP contribution is -2.42. The summed E-state index contributed by atoms with van der Waals surface area (Å²) in [6.07, 6.45) is 5.35. The number of amides is 1. The average Bonchev–Trinajstić information content (AvgIpc) is 3.10. The number of rotatable bonds is 3. The number of aromatic nitrogens is 3. The third-order valence-electron chi connectivity index (χ3n) is 4.01. The van der Waals surface area contributed by atoms with E-state index in [0.29, 0.717) is 5.69 Å². The molecule has 3 aromatic heterocycles. The fourth-order valence-corrected chi connectivity index (χ4v) is 2.96. The molecule has 0 saturated carbocycles. The van der Waals surface area contributed by atoms with Crippen molar-refractivity contribution in [2.75, 3.05) is 7.05 Å². The predicted octanol–water partition coefficient (Wildman–Crippen LogP) is 4.14. The quantitative estimate of drug-likeness (QED) is 0.711. The van der Waals surface area contributed by atoms with E-state index in [4.69, 9.17) is 0 Å². The first-order chi connectivity index (χ1) is 11.9. The topological polar surface area (TPSA) is 59.0 Å². The zero-order valence-corrected chi connectivity index (χ0v) is 15.5. The number of nitrogens with zero attached hydrogens (tertiary/aromatic N) is 4. The Labute approximate surface area is 151 Å². The van der Waals surface area contributed by atoms with Gasteiger partial charge in [0.15, 0.2) is 0 Å². The van der Waals surface area contributed by atoms with Crippen LogP contribution in [0.1, 0.15) is 31.3 Å². The van der Waals surface area contributed by atoms with E-state index < -0.39 is 0 Å². The molecule has 128 valence electrons. The van der Waals surface area contributed by atoms with Gasteiger partial charge in [-0.05, 0) is 32.9 Å². The molecule has 25 heavy (non-hydrogen) atoms. The van der Waals surface area contributed by atoms with Crippen LogP contribution in [0.2, 0.25) is 0 Å². The first-order valence-corrected chi connectivity index (χ1v) is 8.85. The van der Waals surface area contributed by atoms with Crippen LogP contribution in [0.4, 0.5) is 0 Å². The number of pyridine rings is 2. The molecule has 0 N–H and O–H groups in total. The van der Waals surface area contributed by atoms with Crippen molar-refractivity contribution in [3.8, 4) is 21.8 Å². The van der Waals surface area contributed by atoms with Crippen molar-refractivity contribution in [3.63, 3.8) is 0 Å². The maximum atomic E-state index is 12.5. The normalized spacial score (nSPS) is 11.4. The molecule has 0 aromatic carbocycles. The summed E-state index contributed by atoms with van der Waals surface area (Å²) < 4.78 is 0. The SMILES string of the molecule is CN(C(=O)c1csc(-c2ccc(-c3cccnc3)cn2)n1)C(C)(C)C. The molecule has 3 heterocycles. The van der Waals surface area contributed by atoms with Gasteiger partial charge in [-0.3, -0.25) is 14.8 Å². The fraction of sp³-hybridized carbons (Fsp3) is 0.263. The summed E-state index contributed by atoms with van der Waals surface area (Å²) in [5.41, 5.74) is 2.98. The second kappa shape index (κ2) is 6.72. The molecule has 0 fully saturated rings. The predicted molar refractivity (Wildman–Crippen MR) is 100 cm³/mol. The molecule has 0 radical (unpaired) electrons. The van der Waals surface area contributed by atoms with E-state index in [1.807, 2.05) is 45.0 Å². The third kappa shape index (κ3) is 3.74. The van der Waals surface area contributed by atoms with E-state index in [0.717, 1.165) is 21.8 Å². The van der Waals surface area contributed by atoms with E-state index in [2.05, 4.69) is 15.0 Å². The molecule has 3 rings (SSSR count). The first kappa shape index (κ1) is 17.2. The minimum Gasteiger partial charge on any atom is -0.336 e. The highest BCUT2D eigenvalue weighted by molar-refractivity contribution is 7.13. The Balaban J connectivity index is 1.82. The van der Waals surface area contributed by atoms with Gasteiger partial charge in [-0.2, -0.15) is 0 Å². The Morgan fingerprint density at radius 2 is 1.88 bits per heavy atom. The molecule has 5 nitrogen and oxygen atoms in total. The standard InChI is InChI=1S/C19H20N4OS/c1-19(2,3)23(4)18(24)16-12-25-17(22-16)15-8-7-14(11-21-15)13-6-5-9-20-10-13/h5-12H,1-4H3. The zero-order chi connectivity index (χ0) is 18.0. The van der Waals surface area contributed by atoms with Crippen molar-refractivity contribution in [1.82, 2.24) is 19.9 Å². The lowest BCUT2D eigenvalue weighted by Gasteiger charge is -2.31. The van der Waals surface area contributed by atoms with E-state index in [1.54, 1.807) is 35.9 Å². The Hall–Kier alpha value is -2.60. The Morgan fingerprint density at radius 1 is 1.12 bits per heavy atom. The highest BCUT2D eigenvalue weighted by Gasteiger charge is 2.25. The van der Waals surface area contributed by atoms with Crippen LogP contribution < -0.4 is 0 Å². The molecule has 0 aliphatic rings. The third-order valence-corrected chi connectivity index (χ3v) is 4.88. The second-order valence-electron chi connectivity index (χ2n) is 6.75. The number of thiazole rings is 1. The van der Waals surface area contributed by atoms with Gasteiger partial charge >= 0.3 is 0 Å². The summed E-state index contributed by atoms with van der Waals surface area (Å²) in [6, 6.07) is 7.80. The number of hydrogen-bond donors (Lipinski definition) is 0. The summed E-state index contributed by atoms with van der Waals surface area (Å²) >= 11 is 1.43. The average molecular weight is 352 g/mol. The van der Waals surface area contributed by atoms with Gasteiger partial charge in [0, 0.05) is 47.7 Å². The van der Waals surface area contributed by atoms with Crippen molar-refractivity contribution < 1.29 is 4.79 Å². The van der Waals surface area contributed by atoms with Crippen LogP contribution in [0.5, 0.6) is 0 Å². The maximum absolute atomic E-state index is 12.5. The van der Waals surface area contributed by atoms with Crippen LogP contribution in [-0.4, -0.2) is 38.3 Å². The summed E-state index contributed by atoms with van der Waals surface area (Å²) in [5, 5.41) is 2.53. The number of carbonyl (C=O) groups excluding carboxylic acids is 1. The molecule has 6 heteroatoms. The van der Waals surface area contributed by atoms with E-state index in [9.17, 15) is 4.79 Å². The molecule has 3 aromatic rings. The summed E-state index contributed by atoms with van der Waals surface area (Å²) in [4.78, 5) is 27.3. The number of hydrogen-bond acceptors (Lipinski definition) is 5. The van der Waals surface area contributed by atoms with Crippen molar-refractivity contribution in [1.29, 1.82) is 0 Å². The van der Waals surface area contributed by atoms with Crippen LogP contribution in [-0.2, 0) is 0 Å².